The Labute approximate surface area is 121 Å². The van der Waals surface area contributed by atoms with Gasteiger partial charge in [0, 0.05) is 19.2 Å². The van der Waals surface area contributed by atoms with Crippen molar-refractivity contribution in [1.29, 1.82) is 0 Å². The Morgan fingerprint density at radius 3 is 2.68 bits per heavy atom. The molecule has 0 unspecified atom stereocenters. The van der Waals surface area contributed by atoms with Crippen LogP contribution in [0.2, 0.25) is 0 Å². The Morgan fingerprint density at radius 1 is 1.53 bits per heavy atom. The minimum atomic E-state index is -0.407. The predicted octanol–water partition coefficient (Wildman–Crippen LogP) is 3.17. The molecule has 19 heavy (non-hydrogen) atoms. The van der Waals surface area contributed by atoms with Crippen LogP contribution in [0.5, 0.6) is 0 Å². The molecular formula is C13H19BrFN3O. The normalized spacial score (nSPS) is 12.0. The van der Waals surface area contributed by atoms with E-state index in [1.165, 1.54) is 0 Å². The third-order valence-corrected chi connectivity index (χ3v) is 3.67. The molecule has 106 valence electrons. The minimum Gasteiger partial charge on any atom is -0.409 e. The van der Waals surface area contributed by atoms with Crippen LogP contribution in [0, 0.1) is 11.7 Å². The highest BCUT2D eigenvalue weighted by molar-refractivity contribution is 9.10. The summed E-state index contributed by atoms with van der Waals surface area (Å²) in [6.07, 6.45) is 0.982. The van der Waals surface area contributed by atoms with Crippen molar-refractivity contribution in [2.24, 2.45) is 16.8 Å². The Kier molecular flexibility index (Phi) is 5.60. The first-order chi connectivity index (χ1) is 8.88. The molecule has 0 atom stereocenters. The molecular weight excluding hydrogens is 313 g/mol. The molecule has 0 bridgehead atoms. The average molecular weight is 332 g/mol. The number of benzene rings is 1. The van der Waals surface area contributed by atoms with Crippen LogP contribution in [0.25, 0.3) is 0 Å². The number of hydrogen-bond donors (Lipinski definition) is 2. The Balaban J connectivity index is 3.02. The first kappa shape index (κ1) is 15.8. The van der Waals surface area contributed by atoms with Gasteiger partial charge in [-0.2, -0.15) is 0 Å². The summed E-state index contributed by atoms with van der Waals surface area (Å²) in [5, 5.41) is 11.5. The molecule has 0 amide bonds. The molecule has 0 aromatic heterocycles. The van der Waals surface area contributed by atoms with Crippen LogP contribution in [0.3, 0.4) is 0 Å². The van der Waals surface area contributed by atoms with Gasteiger partial charge in [-0.05, 0) is 40.4 Å². The average Bonchev–Trinajstić information content (AvgIpc) is 2.38. The Morgan fingerprint density at radius 2 is 2.16 bits per heavy atom. The second kappa shape index (κ2) is 6.75. The van der Waals surface area contributed by atoms with Gasteiger partial charge in [-0.1, -0.05) is 19.0 Å². The molecule has 0 aliphatic heterocycles. The molecule has 0 radical (unpaired) electrons. The van der Waals surface area contributed by atoms with Crippen LogP contribution in [0.1, 0.15) is 25.8 Å². The second-order valence-electron chi connectivity index (χ2n) is 4.85. The third kappa shape index (κ3) is 3.83. The quantitative estimate of drug-likeness (QED) is 0.377. The zero-order valence-electron chi connectivity index (χ0n) is 11.3. The highest BCUT2D eigenvalue weighted by Gasteiger charge is 2.16. The van der Waals surface area contributed by atoms with E-state index in [1.807, 2.05) is 11.9 Å². The van der Waals surface area contributed by atoms with Gasteiger partial charge in [0.2, 0.25) is 0 Å². The molecule has 1 aromatic carbocycles. The molecule has 0 fully saturated rings. The maximum atomic E-state index is 14.3. The van der Waals surface area contributed by atoms with Gasteiger partial charge in [-0.15, -0.1) is 0 Å². The van der Waals surface area contributed by atoms with Crippen molar-refractivity contribution in [1.82, 2.24) is 0 Å². The lowest BCUT2D eigenvalue weighted by Gasteiger charge is -2.22. The van der Waals surface area contributed by atoms with Gasteiger partial charge in [-0.25, -0.2) is 4.39 Å². The minimum absolute atomic E-state index is 0.123. The lowest BCUT2D eigenvalue weighted by Crippen LogP contribution is -2.22. The summed E-state index contributed by atoms with van der Waals surface area (Å²) in [6, 6.07) is 3.26. The van der Waals surface area contributed by atoms with Gasteiger partial charge in [0.25, 0.3) is 0 Å². The van der Waals surface area contributed by atoms with E-state index < -0.39 is 5.82 Å². The number of nitrogens with two attached hydrogens (primary N) is 1. The molecule has 0 saturated heterocycles. The number of oxime groups is 1. The fraction of sp³-hybridized carbons (Fsp3) is 0.462. The fourth-order valence-corrected chi connectivity index (χ4v) is 2.20. The molecule has 0 aliphatic rings. The van der Waals surface area contributed by atoms with E-state index in [4.69, 9.17) is 10.9 Å². The monoisotopic (exact) mass is 331 g/mol. The molecule has 6 heteroatoms. The van der Waals surface area contributed by atoms with Gasteiger partial charge in [0.1, 0.15) is 0 Å². The number of halogens is 2. The Hall–Kier alpha value is -1.30. The molecule has 0 spiro atoms. The van der Waals surface area contributed by atoms with Crippen molar-refractivity contribution in [3.63, 3.8) is 0 Å². The molecule has 0 heterocycles. The summed E-state index contributed by atoms with van der Waals surface area (Å²) in [4.78, 5) is 1.86. The van der Waals surface area contributed by atoms with Crippen LogP contribution < -0.4 is 10.6 Å². The van der Waals surface area contributed by atoms with Crippen LogP contribution in [0.4, 0.5) is 10.1 Å². The first-order valence-corrected chi connectivity index (χ1v) is 6.84. The predicted molar refractivity (Wildman–Crippen MR) is 79.3 cm³/mol. The molecule has 1 rings (SSSR count). The standard InChI is InChI=1S/C13H19BrFN3O/c1-8(2)6-7-18(3)10-5-4-9(13(16)17-19)11(14)12(10)15/h4-5,8,19H,6-7H2,1-3H3,(H2,16,17). The molecule has 0 aliphatic carbocycles. The van der Waals surface area contributed by atoms with Crippen molar-refractivity contribution in [2.45, 2.75) is 20.3 Å². The molecule has 0 saturated carbocycles. The Bertz CT molecular complexity index is 477. The van der Waals surface area contributed by atoms with Gasteiger partial charge >= 0.3 is 0 Å². The fourth-order valence-electron chi connectivity index (χ4n) is 1.66. The third-order valence-electron chi connectivity index (χ3n) is 2.90. The van der Waals surface area contributed by atoms with Crippen molar-refractivity contribution in [2.75, 3.05) is 18.5 Å². The summed E-state index contributed by atoms with van der Waals surface area (Å²) in [6.45, 7) is 5.02. The number of hydrogen-bond acceptors (Lipinski definition) is 3. The summed E-state index contributed by atoms with van der Waals surface area (Å²) in [5.41, 5.74) is 6.30. The molecule has 3 N–H and O–H groups in total. The van der Waals surface area contributed by atoms with Crippen LogP contribution in [-0.4, -0.2) is 24.6 Å². The van der Waals surface area contributed by atoms with Crippen LogP contribution >= 0.6 is 15.9 Å². The van der Waals surface area contributed by atoms with Crippen LogP contribution in [0.15, 0.2) is 21.8 Å². The van der Waals surface area contributed by atoms with E-state index in [-0.39, 0.29) is 10.3 Å². The highest BCUT2D eigenvalue weighted by atomic mass is 79.9. The largest absolute Gasteiger partial charge is 0.409 e. The number of anilines is 1. The van der Waals surface area contributed by atoms with Crippen molar-refractivity contribution in [3.05, 3.63) is 28.0 Å². The zero-order chi connectivity index (χ0) is 14.6. The highest BCUT2D eigenvalue weighted by Crippen LogP contribution is 2.29. The number of rotatable bonds is 5. The van der Waals surface area contributed by atoms with E-state index in [2.05, 4.69) is 34.9 Å². The summed E-state index contributed by atoms with van der Waals surface area (Å²) >= 11 is 3.15. The van der Waals surface area contributed by atoms with Crippen LogP contribution in [-0.2, 0) is 0 Å². The van der Waals surface area contributed by atoms with E-state index in [9.17, 15) is 4.39 Å². The van der Waals surface area contributed by atoms with Gasteiger partial charge < -0.3 is 15.8 Å². The molecule has 4 nitrogen and oxygen atoms in total. The van der Waals surface area contributed by atoms with Gasteiger partial charge in [0.05, 0.1) is 10.2 Å². The van der Waals surface area contributed by atoms with Crippen molar-refractivity contribution in [3.8, 4) is 0 Å². The van der Waals surface area contributed by atoms with Crippen molar-refractivity contribution >= 4 is 27.5 Å². The second-order valence-corrected chi connectivity index (χ2v) is 5.64. The first-order valence-electron chi connectivity index (χ1n) is 6.05. The SMILES string of the molecule is CC(C)CCN(C)c1ccc(/C(N)=N/O)c(Br)c1F. The van der Waals surface area contributed by atoms with E-state index >= 15 is 0 Å². The maximum absolute atomic E-state index is 14.3. The number of nitrogens with zero attached hydrogens (tertiary/aromatic N) is 2. The summed E-state index contributed by atoms with van der Waals surface area (Å²) in [7, 11) is 1.84. The van der Waals surface area contributed by atoms with E-state index in [0.29, 0.717) is 17.2 Å². The van der Waals surface area contributed by atoms with Gasteiger partial charge in [0.15, 0.2) is 11.7 Å². The lowest BCUT2D eigenvalue weighted by atomic mass is 10.1. The smallest absolute Gasteiger partial charge is 0.171 e. The number of amidine groups is 1. The molecule has 1 aromatic rings. The lowest BCUT2D eigenvalue weighted by molar-refractivity contribution is 0.318. The topological polar surface area (TPSA) is 61.8 Å². The maximum Gasteiger partial charge on any atom is 0.171 e. The van der Waals surface area contributed by atoms with Crippen molar-refractivity contribution < 1.29 is 9.60 Å². The summed E-state index contributed by atoms with van der Waals surface area (Å²) in [5.74, 6) is 0.0305. The van der Waals surface area contributed by atoms with E-state index in [0.717, 1.165) is 13.0 Å². The summed E-state index contributed by atoms with van der Waals surface area (Å²) < 4.78 is 14.5. The van der Waals surface area contributed by atoms with E-state index in [1.54, 1.807) is 12.1 Å². The zero-order valence-corrected chi connectivity index (χ0v) is 12.9. The van der Waals surface area contributed by atoms with Gasteiger partial charge in [-0.3, -0.25) is 0 Å².